The van der Waals surface area contributed by atoms with E-state index in [4.69, 9.17) is 22.4 Å². The van der Waals surface area contributed by atoms with Gasteiger partial charge in [0.05, 0.1) is 23.8 Å². The summed E-state index contributed by atoms with van der Waals surface area (Å²) < 4.78 is 13.0. The molecule has 0 aliphatic carbocycles. The number of rotatable bonds is 3. The Morgan fingerprint density at radius 1 is 1.50 bits per heavy atom. The largest absolute Gasteiger partial charge is 0.395 e. The summed E-state index contributed by atoms with van der Waals surface area (Å²) in [6.45, 7) is -0.370. The highest BCUT2D eigenvalue weighted by molar-refractivity contribution is 6.30. The Morgan fingerprint density at radius 2 is 2.14 bits per heavy atom. The van der Waals surface area contributed by atoms with Gasteiger partial charge in [0.2, 0.25) is 0 Å². The van der Waals surface area contributed by atoms with Crippen LogP contribution in [-0.2, 0) is 0 Å². The first kappa shape index (κ1) is 11.4. The molecule has 14 heavy (non-hydrogen) atoms. The summed E-state index contributed by atoms with van der Waals surface area (Å²) in [6.07, 6.45) is -1.09. The van der Waals surface area contributed by atoms with Gasteiger partial charge < -0.3 is 15.9 Å². The van der Waals surface area contributed by atoms with Crippen LogP contribution in [0.3, 0.4) is 0 Å². The van der Waals surface area contributed by atoms with E-state index in [9.17, 15) is 9.50 Å². The highest BCUT2D eigenvalue weighted by atomic mass is 35.5. The molecule has 0 aromatic heterocycles. The Bertz CT molecular complexity index is 322. The molecule has 78 valence electrons. The second-order valence-electron chi connectivity index (χ2n) is 2.96. The molecule has 1 rings (SSSR count). The molecule has 2 atom stereocenters. The van der Waals surface area contributed by atoms with Gasteiger partial charge >= 0.3 is 0 Å². The van der Waals surface area contributed by atoms with Gasteiger partial charge in [-0.15, -0.1) is 0 Å². The number of hydrogen-bond donors (Lipinski definition) is 3. The molecule has 0 unspecified atom stereocenters. The van der Waals surface area contributed by atoms with Gasteiger partial charge in [-0.3, -0.25) is 0 Å². The Balaban J connectivity index is 2.91. The van der Waals surface area contributed by atoms with Gasteiger partial charge in [-0.25, -0.2) is 4.39 Å². The van der Waals surface area contributed by atoms with E-state index >= 15 is 0 Å². The molecular weight excluding hydrogens is 209 g/mol. The van der Waals surface area contributed by atoms with Crippen LogP contribution in [0.4, 0.5) is 4.39 Å². The van der Waals surface area contributed by atoms with Crippen molar-refractivity contribution in [1.29, 1.82) is 0 Å². The van der Waals surface area contributed by atoms with Crippen molar-refractivity contribution >= 4 is 11.6 Å². The van der Waals surface area contributed by atoms with E-state index in [1.165, 1.54) is 12.1 Å². The quantitative estimate of drug-likeness (QED) is 0.706. The van der Waals surface area contributed by atoms with Gasteiger partial charge in [-0.05, 0) is 17.7 Å². The summed E-state index contributed by atoms with van der Waals surface area (Å²) >= 11 is 5.46. The highest BCUT2D eigenvalue weighted by Crippen LogP contribution is 2.21. The number of aliphatic hydroxyl groups is 2. The predicted molar refractivity (Wildman–Crippen MR) is 51.4 cm³/mol. The molecular formula is C9H11ClFNO2. The van der Waals surface area contributed by atoms with E-state index in [0.29, 0.717) is 5.56 Å². The Morgan fingerprint density at radius 3 is 2.64 bits per heavy atom. The van der Waals surface area contributed by atoms with Gasteiger partial charge in [-0.2, -0.15) is 0 Å². The molecule has 0 saturated carbocycles. The fraction of sp³-hybridized carbons (Fsp3) is 0.333. The molecule has 0 spiro atoms. The van der Waals surface area contributed by atoms with Crippen LogP contribution < -0.4 is 5.73 Å². The minimum atomic E-state index is -1.09. The molecule has 3 nitrogen and oxygen atoms in total. The van der Waals surface area contributed by atoms with Crippen molar-refractivity contribution in [3.05, 3.63) is 34.6 Å². The first-order chi connectivity index (χ1) is 6.56. The SMILES string of the molecule is N[C@@H](CO)[C@@H](O)c1ccc(Cl)c(F)c1. The van der Waals surface area contributed by atoms with Gasteiger partial charge in [0, 0.05) is 0 Å². The maximum atomic E-state index is 13.0. The number of benzene rings is 1. The first-order valence-corrected chi connectivity index (χ1v) is 4.43. The van der Waals surface area contributed by atoms with Crippen LogP contribution in [0.5, 0.6) is 0 Å². The Labute approximate surface area is 85.9 Å². The van der Waals surface area contributed by atoms with Gasteiger partial charge in [-0.1, -0.05) is 17.7 Å². The van der Waals surface area contributed by atoms with Gasteiger partial charge in [0.15, 0.2) is 0 Å². The summed E-state index contributed by atoms with van der Waals surface area (Å²) in [5.41, 5.74) is 5.68. The topological polar surface area (TPSA) is 66.5 Å². The zero-order valence-corrected chi connectivity index (χ0v) is 8.08. The number of halogens is 2. The van der Waals surface area contributed by atoms with Crippen molar-refractivity contribution in [3.8, 4) is 0 Å². The summed E-state index contributed by atoms with van der Waals surface area (Å²) in [4.78, 5) is 0. The third kappa shape index (κ3) is 2.42. The monoisotopic (exact) mass is 219 g/mol. The third-order valence-corrected chi connectivity index (χ3v) is 2.21. The smallest absolute Gasteiger partial charge is 0.142 e. The standard InChI is InChI=1S/C9H11ClFNO2/c10-6-2-1-5(3-7(6)11)9(14)8(12)4-13/h1-3,8-9,13-14H,4,12H2/t8-,9-/m0/s1. The van der Waals surface area contributed by atoms with Crippen molar-refractivity contribution in [2.24, 2.45) is 5.73 Å². The lowest BCUT2D eigenvalue weighted by molar-refractivity contribution is 0.109. The van der Waals surface area contributed by atoms with E-state index in [-0.39, 0.29) is 11.6 Å². The predicted octanol–water partition coefficient (Wildman–Crippen LogP) is 0.832. The van der Waals surface area contributed by atoms with Crippen LogP contribution in [0.25, 0.3) is 0 Å². The maximum Gasteiger partial charge on any atom is 0.142 e. The fourth-order valence-corrected chi connectivity index (χ4v) is 1.16. The average Bonchev–Trinajstić information content (AvgIpc) is 2.20. The van der Waals surface area contributed by atoms with Crippen molar-refractivity contribution < 1.29 is 14.6 Å². The number of aliphatic hydroxyl groups excluding tert-OH is 2. The zero-order valence-electron chi connectivity index (χ0n) is 7.32. The second kappa shape index (κ2) is 4.70. The lowest BCUT2D eigenvalue weighted by atomic mass is 10.0. The molecule has 0 amide bonds. The van der Waals surface area contributed by atoms with Crippen molar-refractivity contribution in [3.63, 3.8) is 0 Å². The van der Waals surface area contributed by atoms with Crippen LogP contribution in [0.2, 0.25) is 5.02 Å². The normalized spacial score (nSPS) is 15.2. The molecule has 0 saturated heterocycles. The van der Waals surface area contributed by atoms with Crippen LogP contribution in [0.15, 0.2) is 18.2 Å². The van der Waals surface area contributed by atoms with Gasteiger partial charge in [0.25, 0.3) is 0 Å². The third-order valence-electron chi connectivity index (χ3n) is 1.90. The average molecular weight is 220 g/mol. The summed E-state index contributed by atoms with van der Waals surface area (Å²) in [7, 11) is 0. The molecule has 0 bridgehead atoms. The first-order valence-electron chi connectivity index (χ1n) is 4.05. The lowest BCUT2D eigenvalue weighted by Gasteiger charge is -2.16. The van der Waals surface area contributed by atoms with Crippen molar-refractivity contribution in [2.45, 2.75) is 12.1 Å². The summed E-state index contributed by atoms with van der Waals surface area (Å²) in [5.74, 6) is -0.617. The van der Waals surface area contributed by atoms with E-state index in [1.807, 2.05) is 0 Å². The second-order valence-corrected chi connectivity index (χ2v) is 3.37. The minimum absolute atomic E-state index is 0.0153. The van der Waals surface area contributed by atoms with Crippen LogP contribution in [-0.4, -0.2) is 22.9 Å². The highest BCUT2D eigenvalue weighted by Gasteiger charge is 2.16. The fourth-order valence-electron chi connectivity index (χ4n) is 1.04. The lowest BCUT2D eigenvalue weighted by Crippen LogP contribution is -2.31. The number of nitrogens with two attached hydrogens (primary N) is 1. The molecule has 0 fully saturated rings. The van der Waals surface area contributed by atoms with Crippen molar-refractivity contribution in [2.75, 3.05) is 6.61 Å². The van der Waals surface area contributed by atoms with E-state index in [2.05, 4.69) is 0 Å². The van der Waals surface area contributed by atoms with Crippen LogP contribution >= 0.6 is 11.6 Å². The molecule has 0 heterocycles. The molecule has 0 aliphatic heterocycles. The maximum absolute atomic E-state index is 13.0. The number of hydrogen-bond acceptors (Lipinski definition) is 3. The Kier molecular flexibility index (Phi) is 3.83. The van der Waals surface area contributed by atoms with Crippen LogP contribution in [0.1, 0.15) is 11.7 Å². The Hall–Kier alpha value is -0.680. The molecule has 4 N–H and O–H groups in total. The zero-order chi connectivity index (χ0) is 10.7. The van der Waals surface area contributed by atoms with E-state index in [0.717, 1.165) is 6.07 Å². The minimum Gasteiger partial charge on any atom is -0.395 e. The molecule has 5 heteroatoms. The van der Waals surface area contributed by atoms with Crippen LogP contribution in [0, 0.1) is 5.82 Å². The molecule has 1 aromatic rings. The van der Waals surface area contributed by atoms with E-state index < -0.39 is 18.0 Å². The van der Waals surface area contributed by atoms with Gasteiger partial charge in [0.1, 0.15) is 5.82 Å². The summed E-state index contributed by atoms with van der Waals surface area (Å²) in [5, 5.41) is 18.2. The van der Waals surface area contributed by atoms with E-state index in [1.54, 1.807) is 0 Å². The molecule has 1 aromatic carbocycles. The summed E-state index contributed by atoms with van der Waals surface area (Å²) in [6, 6.07) is 3.07. The molecule has 0 radical (unpaired) electrons. The van der Waals surface area contributed by atoms with Crippen molar-refractivity contribution in [1.82, 2.24) is 0 Å². The molecule has 0 aliphatic rings.